The molecule has 0 spiro atoms. The van der Waals surface area contributed by atoms with Gasteiger partial charge < -0.3 is 15.1 Å². The zero-order chi connectivity index (χ0) is 23.6. The minimum atomic E-state index is 0.0954. The third-order valence-electron chi connectivity index (χ3n) is 7.48. The largest absolute Gasteiger partial charge is 0.363 e. The standard InChI is InChI=1S/C29H39N3O2/c33-28(25-12-6-2-7-13-25)23-32(27-14-8-3-9-15-27)21-20-31-18-16-26(17-19-31)29(34)30-22-24-10-4-1-5-11-24/h1,3-5,8-11,14-15,25-26H,2,6-7,12-13,16-23H2,(H,30,34). The van der Waals surface area contributed by atoms with Crippen molar-refractivity contribution in [2.75, 3.05) is 37.6 Å². The monoisotopic (exact) mass is 461 g/mol. The molecule has 0 aromatic heterocycles. The van der Waals surface area contributed by atoms with Gasteiger partial charge in [0.2, 0.25) is 5.91 Å². The van der Waals surface area contributed by atoms with Crippen LogP contribution in [-0.2, 0) is 16.1 Å². The first kappa shape index (κ1) is 24.5. The molecule has 1 aliphatic heterocycles. The van der Waals surface area contributed by atoms with E-state index in [1.807, 2.05) is 48.5 Å². The highest BCUT2D eigenvalue weighted by Gasteiger charge is 2.26. The molecule has 1 aliphatic carbocycles. The fraction of sp³-hybridized carbons (Fsp3) is 0.517. The molecule has 2 aromatic rings. The number of amides is 1. The predicted octanol–water partition coefficient (Wildman–Crippen LogP) is 4.67. The number of benzene rings is 2. The molecule has 5 heteroatoms. The van der Waals surface area contributed by atoms with Crippen LogP contribution in [0.15, 0.2) is 60.7 Å². The quantitative estimate of drug-likeness (QED) is 0.559. The minimum absolute atomic E-state index is 0.0954. The summed E-state index contributed by atoms with van der Waals surface area (Å²) in [4.78, 5) is 30.3. The number of rotatable bonds is 10. The fourth-order valence-corrected chi connectivity index (χ4v) is 5.29. The SMILES string of the molecule is O=C(CN(CCN1CCC(C(=O)NCc2ccccc2)CC1)c1ccccc1)C1CCCCC1. The van der Waals surface area contributed by atoms with E-state index in [1.54, 1.807) is 0 Å². The average Bonchev–Trinajstić information content (AvgIpc) is 2.91. The van der Waals surface area contributed by atoms with Crippen LogP contribution in [0, 0.1) is 11.8 Å². The number of Topliss-reactive ketones (excluding diaryl/α,β-unsaturated/α-hetero) is 1. The molecule has 1 heterocycles. The van der Waals surface area contributed by atoms with Crippen molar-refractivity contribution in [2.45, 2.75) is 51.5 Å². The molecule has 0 radical (unpaired) electrons. The van der Waals surface area contributed by atoms with Crippen LogP contribution in [0.1, 0.15) is 50.5 Å². The van der Waals surface area contributed by atoms with Gasteiger partial charge in [-0.1, -0.05) is 67.8 Å². The summed E-state index contributed by atoms with van der Waals surface area (Å²) < 4.78 is 0. The first-order valence-corrected chi connectivity index (χ1v) is 13.1. The molecular weight excluding hydrogens is 422 g/mol. The van der Waals surface area contributed by atoms with Crippen molar-refractivity contribution in [3.63, 3.8) is 0 Å². The van der Waals surface area contributed by atoms with Crippen molar-refractivity contribution in [3.05, 3.63) is 66.2 Å². The second kappa shape index (κ2) is 12.7. The smallest absolute Gasteiger partial charge is 0.223 e. The van der Waals surface area contributed by atoms with E-state index in [1.165, 1.54) is 19.3 Å². The van der Waals surface area contributed by atoms with Crippen molar-refractivity contribution in [1.82, 2.24) is 10.2 Å². The van der Waals surface area contributed by atoms with Gasteiger partial charge in [-0.15, -0.1) is 0 Å². The summed E-state index contributed by atoms with van der Waals surface area (Å²) in [7, 11) is 0. The summed E-state index contributed by atoms with van der Waals surface area (Å²) in [6.45, 7) is 4.73. The number of ketones is 1. The average molecular weight is 462 g/mol. The van der Waals surface area contributed by atoms with Crippen LogP contribution in [0.3, 0.4) is 0 Å². The fourth-order valence-electron chi connectivity index (χ4n) is 5.29. The lowest BCUT2D eigenvalue weighted by molar-refractivity contribution is -0.126. The van der Waals surface area contributed by atoms with Gasteiger partial charge in [0.1, 0.15) is 0 Å². The highest BCUT2D eigenvalue weighted by Crippen LogP contribution is 2.25. The van der Waals surface area contributed by atoms with E-state index in [4.69, 9.17) is 0 Å². The normalized spacial score (nSPS) is 17.9. The van der Waals surface area contributed by atoms with Crippen LogP contribution in [-0.4, -0.2) is 49.3 Å². The van der Waals surface area contributed by atoms with Gasteiger partial charge in [-0.25, -0.2) is 0 Å². The summed E-state index contributed by atoms with van der Waals surface area (Å²) in [5.74, 6) is 0.910. The van der Waals surface area contributed by atoms with E-state index in [0.29, 0.717) is 18.9 Å². The molecule has 1 amide bonds. The summed E-state index contributed by atoms with van der Waals surface area (Å²) >= 11 is 0. The van der Waals surface area contributed by atoms with Crippen molar-refractivity contribution in [2.24, 2.45) is 11.8 Å². The maximum Gasteiger partial charge on any atom is 0.223 e. The molecule has 5 nitrogen and oxygen atoms in total. The third kappa shape index (κ3) is 7.17. The number of nitrogens with zero attached hydrogens (tertiary/aromatic N) is 2. The Hall–Kier alpha value is -2.66. The molecule has 1 saturated heterocycles. The Bertz CT molecular complexity index is 888. The Morgan fingerprint density at radius 1 is 0.824 bits per heavy atom. The second-order valence-corrected chi connectivity index (χ2v) is 9.88. The maximum atomic E-state index is 13.0. The lowest BCUT2D eigenvalue weighted by Gasteiger charge is -2.34. The van der Waals surface area contributed by atoms with Gasteiger partial charge in [0.25, 0.3) is 0 Å². The maximum absolute atomic E-state index is 13.0. The van der Waals surface area contributed by atoms with Crippen LogP contribution >= 0.6 is 0 Å². The first-order chi connectivity index (χ1) is 16.7. The van der Waals surface area contributed by atoms with E-state index >= 15 is 0 Å². The van der Waals surface area contributed by atoms with Crippen LogP contribution < -0.4 is 10.2 Å². The number of hydrogen-bond donors (Lipinski definition) is 1. The lowest BCUT2D eigenvalue weighted by atomic mass is 9.86. The molecule has 2 aliphatic rings. The van der Waals surface area contributed by atoms with E-state index in [2.05, 4.69) is 27.2 Å². The molecule has 1 N–H and O–H groups in total. The number of para-hydroxylation sites is 1. The number of nitrogens with one attached hydrogen (secondary N) is 1. The molecule has 34 heavy (non-hydrogen) atoms. The molecule has 0 bridgehead atoms. The van der Waals surface area contributed by atoms with E-state index < -0.39 is 0 Å². The molecule has 1 saturated carbocycles. The van der Waals surface area contributed by atoms with Gasteiger partial charge in [-0.05, 0) is 56.5 Å². The number of hydrogen-bond acceptors (Lipinski definition) is 4. The molecule has 182 valence electrons. The van der Waals surface area contributed by atoms with Gasteiger partial charge >= 0.3 is 0 Å². The lowest BCUT2D eigenvalue weighted by Crippen LogP contribution is -2.44. The zero-order valence-electron chi connectivity index (χ0n) is 20.3. The van der Waals surface area contributed by atoms with Gasteiger partial charge in [0.05, 0.1) is 6.54 Å². The van der Waals surface area contributed by atoms with E-state index in [0.717, 1.165) is 63.1 Å². The number of carbonyl (C=O) groups excluding carboxylic acids is 2. The van der Waals surface area contributed by atoms with Gasteiger partial charge in [0, 0.05) is 37.2 Å². The summed E-state index contributed by atoms with van der Waals surface area (Å²) in [5, 5.41) is 3.10. The molecule has 2 aromatic carbocycles. The Balaban J connectivity index is 1.24. The van der Waals surface area contributed by atoms with Crippen molar-refractivity contribution in [3.8, 4) is 0 Å². The van der Waals surface area contributed by atoms with Crippen LogP contribution in [0.4, 0.5) is 5.69 Å². The third-order valence-corrected chi connectivity index (χ3v) is 7.48. The molecule has 4 rings (SSSR count). The van der Waals surface area contributed by atoms with Crippen LogP contribution in [0.2, 0.25) is 0 Å². The summed E-state index contributed by atoms with van der Waals surface area (Å²) in [6.07, 6.45) is 7.56. The van der Waals surface area contributed by atoms with E-state index in [9.17, 15) is 9.59 Å². The number of carbonyl (C=O) groups is 2. The number of anilines is 1. The molecule has 0 unspecified atom stereocenters. The van der Waals surface area contributed by atoms with Crippen molar-refractivity contribution >= 4 is 17.4 Å². The van der Waals surface area contributed by atoms with Crippen LogP contribution in [0.25, 0.3) is 0 Å². The molecular formula is C29H39N3O2. The Labute approximate surface area is 204 Å². The Kier molecular flexibility index (Phi) is 9.14. The van der Waals surface area contributed by atoms with E-state index in [-0.39, 0.29) is 17.7 Å². The Morgan fingerprint density at radius 3 is 2.15 bits per heavy atom. The zero-order valence-corrected chi connectivity index (χ0v) is 20.3. The van der Waals surface area contributed by atoms with Crippen LogP contribution in [0.5, 0.6) is 0 Å². The minimum Gasteiger partial charge on any atom is -0.363 e. The van der Waals surface area contributed by atoms with Crippen molar-refractivity contribution in [1.29, 1.82) is 0 Å². The number of likely N-dealkylation sites (tertiary alicyclic amines) is 1. The summed E-state index contributed by atoms with van der Waals surface area (Å²) in [6, 6.07) is 20.4. The van der Waals surface area contributed by atoms with Crippen molar-refractivity contribution < 1.29 is 9.59 Å². The highest BCUT2D eigenvalue weighted by atomic mass is 16.2. The predicted molar refractivity (Wildman–Crippen MR) is 138 cm³/mol. The molecule has 2 fully saturated rings. The topological polar surface area (TPSA) is 52.7 Å². The first-order valence-electron chi connectivity index (χ1n) is 13.1. The number of piperidine rings is 1. The summed E-state index contributed by atoms with van der Waals surface area (Å²) in [5.41, 5.74) is 2.26. The highest BCUT2D eigenvalue weighted by molar-refractivity contribution is 5.85. The molecule has 0 atom stereocenters. The van der Waals surface area contributed by atoms with Gasteiger partial charge in [-0.2, -0.15) is 0 Å². The second-order valence-electron chi connectivity index (χ2n) is 9.88. The van der Waals surface area contributed by atoms with Gasteiger partial charge in [-0.3, -0.25) is 9.59 Å². The van der Waals surface area contributed by atoms with Gasteiger partial charge in [0.15, 0.2) is 5.78 Å². The Morgan fingerprint density at radius 2 is 1.47 bits per heavy atom.